The first-order valence-corrected chi connectivity index (χ1v) is 6.15. The van der Waals surface area contributed by atoms with Gasteiger partial charge in [-0.05, 0) is 19.3 Å². The number of aliphatic hydroxyl groups is 1. The molecule has 2 unspecified atom stereocenters. The molecule has 102 valence electrons. The third kappa shape index (κ3) is 2.81. The highest BCUT2D eigenvalue weighted by atomic mass is 16.3. The largest absolute Gasteiger partial charge is 0.396 e. The monoisotopic (exact) mass is 254 g/mol. The van der Waals surface area contributed by atoms with Crippen molar-refractivity contribution < 1.29 is 9.90 Å². The van der Waals surface area contributed by atoms with E-state index in [1.807, 2.05) is 20.8 Å². The Morgan fingerprint density at radius 2 is 2.17 bits per heavy atom. The molecule has 18 heavy (non-hydrogen) atoms. The van der Waals surface area contributed by atoms with Gasteiger partial charge in [0.2, 0.25) is 0 Å². The number of aromatic nitrogens is 2. The Balaban J connectivity index is 2.88. The number of hydrogen-bond donors (Lipinski definition) is 3. The van der Waals surface area contributed by atoms with E-state index in [-0.39, 0.29) is 24.5 Å². The number of anilines is 1. The number of nitrogens with one attached hydrogen (secondary N) is 1. The van der Waals surface area contributed by atoms with Gasteiger partial charge in [0.1, 0.15) is 5.69 Å². The highest BCUT2D eigenvalue weighted by Crippen LogP contribution is 2.17. The van der Waals surface area contributed by atoms with Gasteiger partial charge in [0.15, 0.2) is 0 Å². The van der Waals surface area contributed by atoms with E-state index < -0.39 is 0 Å². The Kier molecular flexibility index (Phi) is 4.72. The normalized spacial score (nSPS) is 14.3. The SMILES string of the molecule is CCc1nn(C)c(C(=O)NC(C)C(C)CO)c1N. The molecule has 1 amide bonds. The van der Waals surface area contributed by atoms with Crippen LogP contribution >= 0.6 is 0 Å². The van der Waals surface area contributed by atoms with Crippen molar-refractivity contribution in [3.63, 3.8) is 0 Å². The average molecular weight is 254 g/mol. The summed E-state index contributed by atoms with van der Waals surface area (Å²) in [6.07, 6.45) is 0.690. The van der Waals surface area contributed by atoms with Crippen molar-refractivity contribution in [2.75, 3.05) is 12.3 Å². The summed E-state index contributed by atoms with van der Waals surface area (Å²) in [6, 6.07) is -0.123. The van der Waals surface area contributed by atoms with Crippen molar-refractivity contribution in [3.05, 3.63) is 11.4 Å². The lowest BCUT2D eigenvalue weighted by atomic mass is 10.1. The molecule has 0 aliphatic rings. The Bertz CT molecular complexity index is 428. The number of carbonyl (C=O) groups is 1. The number of aryl methyl sites for hydroxylation is 2. The van der Waals surface area contributed by atoms with E-state index in [1.165, 1.54) is 4.68 Å². The number of nitrogens with two attached hydrogens (primary N) is 1. The van der Waals surface area contributed by atoms with E-state index in [1.54, 1.807) is 7.05 Å². The quantitative estimate of drug-likeness (QED) is 0.705. The molecule has 1 aromatic heterocycles. The molecule has 0 radical (unpaired) electrons. The van der Waals surface area contributed by atoms with Crippen molar-refractivity contribution >= 4 is 11.6 Å². The fourth-order valence-corrected chi connectivity index (χ4v) is 1.70. The van der Waals surface area contributed by atoms with Crippen LogP contribution in [-0.4, -0.2) is 33.4 Å². The molecule has 6 nitrogen and oxygen atoms in total. The van der Waals surface area contributed by atoms with Gasteiger partial charge < -0.3 is 16.2 Å². The second-order valence-corrected chi connectivity index (χ2v) is 4.61. The Hall–Kier alpha value is -1.56. The van der Waals surface area contributed by atoms with Crippen LogP contribution in [0.2, 0.25) is 0 Å². The van der Waals surface area contributed by atoms with Crippen molar-refractivity contribution in [3.8, 4) is 0 Å². The van der Waals surface area contributed by atoms with Crippen molar-refractivity contribution in [1.82, 2.24) is 15.1 Å². The first-order chi connectivity index (χ1) is 8.42. The zero-order valence-corrected chi connectivity index (χ0v) is 11.4. The molecule has 0 aromatic carbocycles. The smallest absolute Gasteiger partial charge is 0.271 e. The summed E-state index contributed by atoms with van der Waals surface area (Å²) in [5.41, 5.74) is 7.44. The van der Waals surface area contributed by atoms with Gasteiger partial charge in [-0.25, -0.2) is 0 Å². The van der Waals surface area contributed by atoms with Crippen molar-refractivity contribution in [2.24, 2.45) is 13.0 Å². The minimum absolute atomic E-state index is 0.00551. The van der Waals surface area contributed by atoms with E-state index in [0.717, 1.165) is 5.69 Å². The molecule has 0 saturated carbocycles. The van der Waals surface area contributed by atoms with Gasteiger partial charge in [-0.1, -0.05) is 13.8 Å². The van der Waals surface area contributed by atoms with Gasteiger partial charge >= 0.3 is 0 Å². The number of aliphatic hydroxyl groups excluding tert-OH is 1. The molecule has 1 aromatic rings. The van der Waals surface area contributed by atoms with E-state index in [4.69, 9.17) is 10.8 Å². The van der Waals surface area contributed by atoms with E-state index >= 15 is 0 Å². The molecule has 1 rings (SSSR count). The molecule has 0 bridgehead atoms. The van der Waals surface area contributed by atoms with Crippen LogP contribution in [0.15, 0.2) is 0 Å². The van der Waals surface area contributed by atoms with Crippen molar-refractivity contribution in [1.29, 1.82) is 0 Å². The molecule has 0 aliphatic heterocycles. The number of carbonyl (C=O) groups excluding carboxylic acids is 1. The highest BCUT2D eigenvalue weighted by Gasteiger charge is 2.22. The fourth-order valence-electron chi connectivity index (χ4n) is 1.70. The molecule has 4 N–H and O–H groups in total. The van der Waals surface area contributed by atoms with Gasteiger partial charge in [-0.2, -0.15) is 5.10 Å². The molecule has 0 saturated heterocycles. The van der Waals surface area contributed by atoms with Gasteiger partial charge in [0.05, 0.1) is 11.4 Å². The summed E-state index contributed by atoms with van der Waals surface area (Å²) >= 11 is 0. The molecule has 0 aliphatic carbocycles. The molecule has 6 heteroatoms. The van der Waals surface area contributed by atoms with Crippen LogP contribution in [-0.2, 0) is 13.5 Å². The standard InChI is InChI=1S/C12H22N4O2/c1-5-9-10(13)11(16(4)15-9)12(18)14-8(3)7(2)6-17/h7-8,17H,5-6,13H2,1-4H3,(H,14,18). The summed E-state index contributed by atoms with van der Waals surface area (Å²) in [5.74, 6) is -0.260. The topological polar surface area (TPSA) is 93.2 Å². The Morgan fingerprint density at radius 3 is 2.61 bits per heavy atom. The second-order valence-electron chi connectivity index (χ2n) is 4.61. The lowest BCUT2D eigenvalue weighted by molar-refractivity contribution is 0.0907. The number of nitrogen functional groups attached to an aromatic ring is 1. The molecular weight excluding hydrogens is 232 g/mol. The second kappa shape index (κ2) is 5.86. The number of amides is 1. The van der Waals surface area contributed by atoms with Crippen LogP contribution in [0.5, 0.6) is 0 Å². The summed E-state index contributed by atoms with van der Waals surface area (Å²) < 4.78 is 1.50. The summed E-state index contributed by atoms with van der Waals surface area (Å²) in [4.78, 5) is 12.1. The molecule has 0 spiro atoms. The predicted molar refractivity (Wildman–Crippen MR) is 70.2 cm³/mol. The maximum absolute atomic E-state index is 12.1. The predicted octanol–water partition coefficient (Wildman–Crippen LogP) is 0.311. The van der Waals surface area contributed by atoms with Gasteiger partial charge in [0.25, 0.3) is 5.91 Å². The van der Waals surface area contributed by atoms with Crippen LogP contribution in [0.1, 0.15) is 37.0 Å². The number of rotatable bonds is 5. The molecule has 0 fully saturated rings. The number of nitrogens with zero attached hydrogens (tertiary/aromatic N) is 2. The summed E-state index contributed by atoms with van der Waals surface area (Å²) in [6.45, 7) is 5.69. The minimum atomic E-state index is -0.255. The first-order valence-electron chi connectivity index (χ1n) is 6.15. The Morgan fingerprint density at radius 1 is 1.56 bits per heavy atom. The van der Waals surface area contributed by atoms with Crippen LogP contribution in [0.4, 0.5) is 5.69 Å². The van der Waals surface area contributed by atoms with Gasteiger partial charge in [0, 0.05) is 19.7 Å². The first kappa shape index (κ1) is 14.5. The van der Waals surface area contributed by atoms with Crippen LogP contribution < -0.4 is 11.1 Å². The lowest BCUT2D eigenvalue weighted by Crippen LogP contribution is -2.39. The third-order valence-corrected chi connectivity index (χ3v) is 3.21. The fraction of sp³-hybridized carbons (Fsp3) is 0.667. The zero-order valence-electron chi connectivity index (χ0n) is 11.4. The van der Waals surface area contributed by atoms with Gasteiger partial charge in [-0.15, -0.1) is 0 Å². The third-order valence-electron chi connectivity index (χ3n) is 3.21. The molecule has 1 heterocycles. The van der Waals surface area contributed by atoms with Crippen LogP contribution in [0, 0.1) is 5.92 Å². The average Bonchev–Trinajstić information content (AvgIpc) is 2.62. The van der Waals surface area contributed by atoms with Crippen LogP contribution in [0.3, 0.4) is 0 Å². The van der Waals surface area contributed by atoms with E-state index in [0.29, 0.717) is 17.8 Å². The van der Waals surface area contributed by atoms with E-state index in [2.05, 4.69) is 10.4 Å². The zero-order chi connectivity index (χ0) is 13.9. The van der Waals surface area contributed by atoms with Crippen LogP contribution in [0.25, 0.3) is 0 Å². The summed E-state index contributed by atoms with van der Waals surface area (Å²) in [7, 11) is 1.70. The van der Waals surface area contributed by atoms with Crippen molar-refractivity contribution in [2.45, 2.75) is 33.2 Å². The molecule has 2 atom stereocenters. The minimum Gasteiger partial charge on any atom is -0.396 e. The highest BCUT2D eigenvalue weighted by molar-refractivity contribution is 5.98. The maximum atomic E-state index is 12.1. The maximum Gasteiger partial charge on any atom is 0.271 e. The number of hydrogen-bond acceptors (Lipinski definition) is 4. The molecular formula is C12H22N4O2. The van der Waals surface area contributed by atoms with Gasteiger partial charge in [-0.3, -0.25) is 9.48 Å². The lowest BCUT2D eigenvalue weighted by Gasteiger charge is -2.19. The Labute approximate surface area is 107 Å². The van der Waals surface area contributed by atoms with E-state index in [9.17, 15) is 4.79 Å². The summed E-state index contributed by atoms with van der Waals surface area (Å²) in [5, 5.41) is 16.1.